The van der Waals surface area contributed by atoms with Gasteiger partial charge in [-0.05, 0) is 30.5 Å². The minimum Gasteiger partial charge on any atom is -0.444 e. The number of carbonyl (C=O) groups excluding carboxylic acids is 1. The van der Waals surface area contributed by atoms with Crippen LogP contribution >= 0.6 is 0 Å². The van der Waals surface area contributed by atoms with Crippen LogP contribution in [0.2, 0.25) is 0 Å². The summed E-state index contributed by atoms with van der Waals surface area (Å²) in [5.74, 6) is 2.26. The maximum atomic E-state index is 13.3. The summed E-state index contributed by atoms with van der Waals surface area (Å²) in [5.41, 5.74) is 3.14. The van der Waals surface area contributed by atoms with Gasteiger partial charge in [0.05, 0.1) is 36.6 Å². The Bertz CT molecular complexity index is 1010. The fraction of sp³-hybridized carbons (Fsp3) is 0.333. The van der Waals surface area contributed by atoms with Gasteiger partial charge >= 0.3 is 0 Å². The van der Waals surface area contributed by atoms with Crippen molar-refractivity contribution in [3.8, 4) is 0 Å². The highest BCUT2D eigenvalue weighted by molar-refractivity contribution is 5.99. The average molecular weight is 387 g/mol. The number of carbonyl (C=O) groups is 1. The lowest BCUT2D eigenvalue weighted by Crippen LogP contribution is -2.36. The van der Waals surface area contributed by atoms with Gasteiger partial charge in [0.2, 0.25) is 5.91 Å². The van der Waals surface area contributed by atoms with E-state index in [1.54, 1.807) is 0 Å². The Morgan fingerprint density at radius 3 is 2.48 bits per heavy atom. The molecule has 29 heavy (non-hydrogen) atoms. The second-order valence-corrected chi connectivity index (χ2v) is 8.12. The Balaban J connectivity index is 1.47. The number of fused-ring (bicyclic) bond motifs is 1. The highest BCUT2D eigenvalue weighted by atomic mass is 16.4. The highest BCUT2D eigenvalue weighted by Crippen LogP contribution is 2.40. The number of benzene rings is 2. The molecule has 0 bridgehead atoms. The van der Waals surface area contributed by atoms with Gasteiger partial charge in [0.15, 0.2) is 5.89 Å². The molecule has 1 amide bonds. The third-order valence-corrected chi connectivity index (χ3v) is 5.72. The lowest BCUT2D eigenvalue weighted by atomic mass is 10.1. The van der Waals surface area contributed by atoms with Gasteiger partial charge in [0.25, 0.3) is 0 Å². The van der Waals surface area contributed by atoms with Crippen LogP contribution in [0.5, 0.6) is 0 Å². The molecular weight excluding hydrogens is 362 g/mol. The lowest BCUT2D eigenvalue weighted by molar-refractivity contribution is -0.121. The minimum absolute atomic E-state index is 0.114. The molecule has 2 aliphatic rings. The summed E-state index contributed by atoms with van der Waals surface area (Å²) < 4.78 is 6.00. The maximum absolute atomic E-state index is 13.3. The predicted molar refractivity (Wildman–Crippen MR) is 113 cm³/mol. The van der Waals surface area contributed by atoms with Crippen LogP contribution in [0.25, 0.3) is 0 Å². The van der Waals surface area contributed by atoms with E-state index in [0.717, 1.165) is 28.6 Å². The molecule has 0 radical (unpaired) electrons. The van der Waals surface area contributed by atoms with E-state index in [1.807, 2.05) is 54.4 Å². The van der Waals surface area contributed by atoms with Crippen molar-refractivity contribution in [1.82, 2.24) is 4.98 Å². The monoisotopic (exact) mass is 387 g/mol. The lowest BCUT2D eigenvalue weighted by Gasteiger charge is -2.26. The quantitative estimate of drug-likeness (QED) is 0.634. The number of aromatic nitrogens is 1. The van der Waals surface area contributed by atoms with Crippen LogP contribution in [-0.2, 0) is 17.9 Å². The number of anilines is 2. The van der Waals surface area contributed by atoms with Crippen molar-refractivity contribution in [2.45, 2.75) is 38.8 Å². The largest absolute Gasteiger partial charge is 0.444 e. The smallest absolute Gasteiger partial charge is 0.231 e. The summed E-state index contributed by atoms with van der Waals surface area (Å²) in [6.07, 6.45) is 4.19. The van der Waals surface area contributed by atoms with E-state index < -0.39 is 0 Å². The first-order chi connectivity index (χ1) is 14.2. The molecule has 1 aliphatic heterocycles. The summed E-state index contributed by atoms with van der Waals surface area (Å²) in [5, 5.41) is 0. The molecule has 0 spiro atoms. The predicted octanol–water partition coefficient (Wildman–Crippen LogP) is 4.74. The number of oxazole rings is 1. The molecule has 5 rings (SSSR count). The summed E-state index contributed by atoms with van der Waals surface area (Å²) >= 11 is 0. The van der Waals surface area contributed by atoms with E-state index in [1.165, 1.54) is 12.8 Å². The molecule has 5 nitrogen and oxygen atoms in total. The van der Waals surface area contributed by atoms with E-state index in [2.05, 4.69) is 28.1 Å². The molecule has 1 fully saturated rings. The molecule has 2 heterocycles. The van der Waals surface area contributed by atoms with Crippen molar-refractivity contribution in [3.05, 3.63) is 78.0 Å². The van der Waals surface area contributed by atoms with Crippen molar-refractivity contribution < 1.29 is 9.21 Å². The third-order valence-electron chi connectivity index (χ3n) is 5.72. The zero-order valence-corrected chi connectivity index (χ0v) is 16.6. The molecule has 5 heteroatoms. The Labute approximate surface area is 171 Å². The van der Waals surface area contributed by atoms with E-state index in [0.29, 0.717) is 25.6 Å². The van der Waals surface area contributed by atoms with Crippen molar-refractivity contribution in [3.63, 3.8) is 0 Å². The van der Waals surface area contributed by atoms with Crippen LogP contribution in [-0.4, -0.2) is 17.4 Å². The molecule has 0 saturated heterocycles. The average Bonchev–Trinajstić information content (AvgIpc) is 3.51. The van der Waals surface area contributed by atoms with Gasteiger partial charge in [-0.3, -0.25) is 4.79 Å². The van der Waals surface area contributed by atoms with Crippen molar-refractivity contribution in [2.24, 2.45) is 5.92 Å². The normalized spacial score (nSPS) is 19.2. The molecule has 0 N–H and O–H groups in total. The number of hydrogen-bond acceptors (Lipinski definition) is 4. The van der Waals surface area contributed by atoms with Crippen LogP contribution in [0.15, 0.2) is 65.2 Å². The van der Waals surface area contributed by atoms with Gasteiger partial charge in [0, 0.05) is 12.5 Å². The van der Waals surface area contributed by atoms with Gasteiger partial charge in [-0.15, -0.1) is 0 Å². The second kappa shape index (κ2) is 7.39. The van der Waals surface area contributed by atoms with Crippen molar-refractivity contribution in [1.29, 1.82) is 0 Å². The van der Waals surface area contributed by atoms with Gasteiger partial charge < -0.3 is 14.2 Å². The highest BCUT2D eigenvalue weighted by Gasteiger charge is 2.32. The molecule has 1 aromatic heterocycles. The van der Waals surface area contributed by atoms with Crippen LogP contribution in [0.3, 0.4) is 0 Å². The number of hydrogen-bond donors (Lipinski definition) is 0. The molecule has 148 valence electrons. The topological polar surface area (TPSA) is 49.6 Å². The SMILES string of the molecule is CC1CN(Cc2cnc(C3CC3)o2)c2ccccc2N(Cc2ccccc2)C1=O. The molecule has 3 aromatic rings. The number of amides is 1. The van der Waals surface area contributed by atoms with Gasteiger partial charge in [0.1, 0.15) is 5.76 Å². The van der Waals surface area contributed by atoms with Crippen LogP contribution < -0.4 is 9.80 Å². The van der Waals surface area contributed by atoms with Gasteiger partial charge in [-0.25, -0.2) is 4.98 Å². The number of rotatable bonds is 5. The zero-order valence-electron chi connectivity index (χ0n) is 16.6. The summed E-state index contributed by atoms with van der Waals surface area (Å²) in [6.45, 7) is 3.85. The van der Waals surface area contributed by atoms with Crippen LogP contribution in [0.4, 0.5) is 11.4 Å². The third kappa shape index (κ3) is 3.65. The van der Waals surface area contributed by atoms with Crippen molar-refractivity contribution in [2.75, 3.05) is 16.3 Å². The molecule has 2 aromatic carbocycles. The Morgan fingerprint density at radius 1 is 1.00 bits per heavy atom. The standard InChI is InChI=1S/C24H25N3O2/c1-17-14-26(16-20-13-25-23(29-20)19-11-12-19)21-9-5-6-10-22(21)27(24(17)28)15-18-7-3-2-4-8-18/h2-10,13,17,19H,11-12,14-16H2,1H3. The zero-order chi connectivity index (χ0) is 19.8. The van der Waals surface area contributed by atoms with Crippen molar-refractivity contribution >= 4 is 17.3 Å². The molecule has 1 unspecified atom stereocenters. The van der Waals surface area contributed by atoms with E-state index in [-0.39, 0.29) is 11.8 Å². The summed E-state index contributed by atoms with van der Waals surface area (Å²) in [4.78, 5) is 21.9. The Morgan fingerprint density at radius 2 is 1.72 bits per heavy atom. The summed E-state index contributed by atoms with van der Waals surface area (Å²) in [6, 6.07) is 18.3. The molecule has 1 atom stereocenters. The Hall–Kier alpha value is -3.08. The summed E-state index contributed by atoms with van der Waals surface area (Å²) in [7, 11) is 0. The number of para-hydroxylation sites is 2. The second-order valence-electron chi connectivity index (χ2n) is 8.12. The van der Waals surface area contributed by atoms with E-state index in [4.69, 9.17) is 4.42 Å². The fourth-order valence-corrected chi connectivity index (χ4v) is 4.03. The van der Waals surface area contributed by atoms with Gasteiger partial charge in [-0.1, -0.05) is 49.4 Å². The van der Waals surface area contributed by atoms with E-state index in [9.17, 15) is 4.79 Å². The molecule has 1 aliphatic carbocycles. The minimum atomic E-state index is -0.114. The maximum Gasteiger partial charge on any atom is 0.231 e. The first-order valence-corrected chi connectivity index (χ1v) is 10.3. The first-order valence-electron chi connectivity index (χ1n) is 10.3. The molecule has 1 saturated carbocycles. The Kier molecular flexibility index (Phi) is 4.58. The van der Waals surface area contributed by atoms with Crippen LogP contribution in [0, 0.1) is 5.92 Å². The fourth-order valence-electron chi connectivity index (χ4n) is 4.03. The number of nitrogens with zero attached hydrogens (tertiary/aromatic N) is 3. The van der Waals surface area contributed by atoms with E-state index >= 15 is 0 Å². The van der Waals surface area contributed by atoms with Gasteiger partial charge in [-0.2, -0.15) is 0 Å². The van der Waals surface area contributed by atoms with Crippen LogP contribution in [0.1, 0.15) is 42.9 Å². The first kappa shape index (κ1) is 18.0. The molecular formula is C24H25N3O2.